The molecule has 0 amide bonds. The van der Waals surface area contributed by atoms with Crippen molar-refractivity contribution < 1.29 is 9.13 Å². The fraction of sp³-hybridized carbons (Fsp3) is 0.409. The summed E-state index contributed by atoms with van der Waals surface area (Å²) < 4.78 is 19.0. The number of nitrogens with two attached hydrogens (primary N) is 1. The number of benzene rings is 2. The van der Waals surface area contributed by atoms with Gasteiger partial charge in [-0.05, 0) is 44.4 Å². The van der Waals surface area contributed by atoms with Crippen LogP contribution in [0.1, 0.15) is 5.56 Å². The summed E-state index contributed by atoms with van der Waals surface area (Å²) in [6.45, 7) is 5.20. The van der Waals surface area contributed by atoms with Crippen LogP contribution in [0, 0.1) is 5.82 Å². The van der Waals surface area contributed by atoms with Crippen molar-refractivity contribution in [2.75, 3.05) is 58.3 Å². The number of anilines is 1. The van der Waals surface area contributed by atoms with Gasteiger partial charge in [-0.3, -0.25) is 0 Å². The summed E-state index contributed by atoms with van der Waals surface area (Å²) in [7, 11) is 4.05. The summed E-state index contributed by atoms with van der Waals surface area (Å²) >= 11 is 0. The summed E-state index contributed by atoms with van der Waals surface area (Å²) in [5.41, 5.74) is 8.31. The second-order valence-electron chi connectivity index (χ2n) is 7.38. The molecule has 2 N–H and O–H groups in total. The molecule has 0 bridgehead atoms. The Morgan fingerprint density at radius 1 is 1.07 bits per heavy atom. The number of para-hydroxylation sites is 1. The number of aliphatic imine (C=N–C) groups is 1. The van der Waals surface area contributed by atoms with Gasteiger partial charge in [0.25, 0.3) is 0 Å². The third-order valence-corrected chi connectivity index (χ3v) is 4.98. The lowest BCUT2D eigenvalue weighted by Crippen LogP contribution is -2.51. The molecule has 3 rings (SSSR count). The molecular formula is C22H31FIN5O. The number of ether oxygens (including phenoxy) is 1. The number of halogens is 2. The zero-order chi connectivity index (χ0) is 20.6. The van der Waals surface area contributed by atoms with Crippen LogP contribution in [0.5, 0.6) is 5.75 Å². The fourth-order valence-electron chi connectivity index (χ4n) is 3.23. The van der Waals surface area contributed by atoms with Crippen LogP contribution in [0.4, 0.5) is 10.1 Å². The van der Waals surface area contributed by atoms with Crippen LogP contribution in [0.25, 0.3) is 0 Å². The Morgan fingerprint density at radius 2 is 1.73 bits per heavy atom. The molecule has 2 aromatic carbocycles. The van der Waals surface area contributed by atoms with E-state index < -0.39 is 0 Å². The lowest BCUT2D eigenvalue weighted by molar-refractivity contribution is 0.259. The molecule has 1 fully saturated rings. The molecule has 8 heteroatoms. The van der Waals surface area contributed by atoms with Crippen molar-refractivity contribution in [3.63, 3.8) is 0 Å². The van der Waals surface area contributed by atoms with E-state index in [1.165, 1.54) is 12.1 Å². The van der Waals surface area contributed by atoms with Crippen molar-refractivity contribution in [1.82, 2.24) is 9.80 Å². The van der Waals surface area contributed by atoms with Gasteiger partial charge in [0, 0.05) is 44.0 Å². The number of piperazine rings is 1. The fourth-order valence-corrected chi connectivity index (χ4v) is 3.23. The van der Waals surface area contributed by atoms with E-state index in [2.05, 4.69) is 19.7 Å². The van der Waals surface area contributed by atoms with E-state index in [0.717, 1.165) is 49.7 Å². The molecule has 0 spiro atoms. The van der Waals surface area contributed by atoms with Gasteiger partial charge in [0.2, 0.25) is 0 Å². The van der Waals surface area contributed by atoms with E-state index in [1.54, 1.807) is 0 Å². The molecule has 0 unspecified atom stereocenters. The Morgan fingerprint density at radius 3 is 2.40 bits per heavy atom. The van der Waals surface area contributed by atoms with Crippen molar-refractivity contribution >= 4 is 35.6 Å². The van der Waals surface area contributed by atoms with Crippen LogP contribution in [-0.4, -0.2) is 69.2 Å². The third kappa shape index (κ3) is 7.02. The maximum Gasteiger partial charge on any atom is 0.191 e. The van der Waals surface area contributed by atoms with Crippen molar-refractivity contribution in [2.24, 2.45) is 10.7 Å². The van der Waals surface area contributed by atoms with Crippen molar-refractivity contribution in [2.45, 2.75) is 6.54 Å². The Bertz CT molecular complexity index is 807. The molecule has 0 radical (unpaired) electrons. The normalized spacial score (nSPS) is 14.6. The van der Waals surface area contributed by atoms with Gasteiger partial charge < -0.3 is 25.2 Å². The minimum absolute atomic E-state index is 0. The number of hydrogen-bond donors (Lipinski definition) is 1. The Kier molecular flexibility index (Phi) is 9.64. The first kappa shape index (κ1) is 24.2. The smallest absolute Gasteiger partial charge is 0.191 e. The first-order valence-corrected chi connectivity index (χ1v) is 9.94. The Labute approximate surface area is 195 Å². The number of rotatable bonds is 7. The van der Waals surface area contributed by atoms with Gasteiger partial charge in [0.05, 0.1) is 6.54 Å². The highest BCUT2D eigenvalue weighted by molar-refractivity contribution is 14.0. The maximum atomic E-state index is 13.1. The molecule has 0 aliphatic carbocycles. The first-order valence-electron chi connectivity index (χ1n) is 9.94. The van der Waals surface area contributed by atoms with Gasteiger partial charge in [-0.2, -0.15) is 0 Å². The molecule has 6 nitrogen and oxygen atoms in total. The molecule has 164 valence electrons. The zero-order valence-electron chi connectivity index (χ0n) is 17.6. The van der Waals surface area contributed by atoms with Gasteiger partial charge in [0.1, 0.15) is 18.2 Å². The van der Waals surface area contributed by atoms with E-state index in [4.69, 9.17) is 10.5 Å². The van der Waals surface area contributed by atoms with E-state index in [-0.39, 0.29) is 29.8 Å². The van der Waals surface area contributed by atoms with Gasteiger partial charge in [-0.25, -0.2) is 9.38 Å². The van der Waals surface area contributed by atoms with Crippen molar-refractivity contribution in [3.05, 3.63) is 59.9 Å². The predicted molar refractivity (Wildman–Crippen MR) is 131 cm³/mol. The lowest BCUT2D eigenvalue weighted by Gasteiger charge is -2.36. The number of likely N-dealkylation sites (N-methyl/N-ethyl adjacent to an activating group) is 1. The highest BCUT2D eigenvalue weighted by Crippen LogP contribution is 2.20. The summed E-state index contributed by atoms with van der Waals surface area (Å²) in [5, 5.41) is 0. The monoisotopic (exact) mass is 527 g/mol. The van der Waals surface area contributed by atoms with Crippen LogP contribution >= 0.6 is 24.0 Å². The molecule has 1 saturated heterocycles. The van der Waals surface area contributed by atoms with Crippen molar-refractivity contribution in [1.29, 1.82) is 0 Å². The maximum absolute atomic E-state index is 13.1. The van der Waals surface area contributed by atoms with Crippen LogP contribution in [0.15, 0.2) is 53.5 Å². The largest absolute Gasteiger partial charge is 0.492 e. The molecule has 1 heterocycles. The molecule has 0 aromatic heterocycles. The summed E-state index contributed by atoms with van der Waals surface area (Å²) in [6.07, 6.45) is 0. The highest BCUT2D eigenvalue weighted by Gasteiger charge is 2.18. The number of hydrogen-bond acceptors (Lipinski definition) is 4. The average molecular weight is 527 g/mol. The highest BCUT2D eigenvalue weighted by atomic mass is 127. The van der Waals surface area contributed by atoms with Crippen LogP contribution in [0.2, 0.25) is 0 Å². The Balaban J connectivity index is 0.00000320. The van der Waals surface area contributed by atoms with Gasteiger partial charge in [0.15, 0.2) is 5.96 Å². The van der Waals surface area contributed by atoms with Crippen LogP contribution in [0.3, 0.4) is 0 Å². The lowest BCUT2D eigenvalue weighted by atomic mass is 10.2. The molecule has 0 saturated carbocycles. The second-order valence-corrected chi connectivity index (χ2v) is 7.38. The minimum Gasteiger partial charge on any atom is -0.492 e. The summed E-state index contributed by atoms with van der Waals surface area (Å²) in [6, 6.07) is 14.6. The minimum atomic E-state index is -0.213. The third-order valence-electron chi connectivity index (χ3n) is 4.98. The Hall–Kier alpha value is -2.07. The quantitative estimate of drug-likeness (QED) is 0.341. The number of guanidine groups is 1. The zero-order valence-corrected chi connectivity index (χ0v) is 20.0. The van der Waals surface area contributed by atoms with Gasteiger partial charge in [-0.15, -0.1) is 24.0 Å². The molecular weight excluding hydrogens is 496 g/mol. The SMILES string of the molecule is CN(C)CCOc1ccccc1CN=C(N)N1CCN(c2ccc(F)cc2)CC1.I. The van der Waals surface area contributed by atoms with E-state index in [0.29, 0.717) is 19.1 Å². The first-order chi connectivity index (χ1) is 14.0. The average Bonchev–Trinajstić information content (AvgIpc) is 2.73. The van der Waals surface area contributed by atoms with Crippen LogP contribution < -0.4 is 15.4 Å². The predicted octanol–water partition coefficient (Wildman–Crippen LogP) is 3.02. The molecule has 1 aliphatic heterocycles. The summed E-state index contributed by atoms with van der Waals surface area (Å²) in [4.78, 5) is 11.0. The number of nitrogens with zero attached hydrogens (tertiary/aromatic N) is 4. The van der Waals surface area contributed by atoms with E-state index >= 15 is 0 Å². The van der Waals surface area contributed by atoms with E-state index in [1.807, 2.05) is 50.5 Å². The molecule has 2 aromatic rings. The molecule has 0 atom stereocenters. The van der Waals surface area contributed by atoms with Gasteiger partial charge >= 0.3 is 0 Å². The standard InChI is InChI=1S/C22H30FN5O.HI/c1-26(2)15-16-29-21-6-4-3-5-18(21)17-25-22(24)28-13-11-27(12-14-28)20-9-7-19(23)8-10-20;/h3-10H,11-17H2,1-2H3,(H2,24,25);1H. The molecule has 1 aliphatic rings. The van der Waals surface area contributed by atoms with E-state index in [9.17, 15) is 4.39 Å². The van der Waals surface area contributed by atoms with Gasteiger partial charge in [-0.1, -0.05) is 18.2 Å². The van der Waals surface area contributed by atoms with Crippen LogP contribution in [-0.2, 0) is 6.54 Å². The molecule has 30 heavy (non-hydrogen) atoms. The van der Waals surface area contributed by atoms with Crippen molar-refractivity contribution in [3.8, 4) is 5.75 Å². The topological polar surface area (TPSA) is 57.3 Å². The summed E-state index contributed by atoms with van der Waals surface area (Å²) in [5.74, 6) is 1.19. The second kappa shape index (κ2) is 11.9.